The third-order valence-electron chi connectivity index (χ3n) is 3.66. The van der Waals surface area contributed by atoms with Gasteiger partial charge in [0.15, 0.2) is 0 Å². The molecule has 0 heterocycles. The summed E-state index contributed by atoms with van der Waals surface area (Å²) in [5.41, 5.74) is 0.836. The van der Waals surface area contributed by atoms with Crippen molar-refractivity contribution in [2.24, 2.45) is 0 Å². The summed E-state index contributed by atoms with van der Waals surface area (Å²) in [4.78, 5) is 11.6. The van der Waals surface area contributed by atoms with Crippen molar-refractivity contribution in [3.63, 3.8) is 0 Å². The van der Waals surface area contributed by atoms with Crippen LogP contribution in [0.4, 0.5) is 0 Å². The van der Waals surface area contributed by atoms with Crippen molar-refractivity contribution in [2.45, 2.75) is 38.7 Å². The number of benzene rings is 2. The normalized spacial score (nSPS) is 12.3. The Hall–Kier alpha value is -1.87. The van der Waals surface area contributed by atoms with Gasteiger partial charge in [-0.1, -0.05) is 56.2 Å². The van der Waals surface area contributed by atoms with Gasteiger partial charge in [-0.2, -0.15) is 0 Å². The average Bonchev–Trinajstić information content (AvgIpc) is 2.52. The van der Waals surface area contributed by atoms with Crippen molar-refractivity contribution in [3.8, 4) is 0 Å². The number of carbonyl (C=O) groups is 1. The van der Waals surface area contributed by atoms with E-state index in [1.165, 1.54) is 0 Å². The summed E-state index contributed by atoms with van der Waals surface area (Å²) in [5, 5.41) is 15.2. The van der Waals surface area contributed by atoms with E-state index in [4.69, 9.17) is 0 Å². The Labute approximate surface area is 126 Å². The second-order valence-corrected chi connectivity index (χ2v) is 5.38. The first kappa shape index (κ1) is 15.5. The van der Waals surface area contributed by atoms with Gasteiger partial charge in [0.25, 0.3) is 0 Å². The van der Waals surface area contributed by atoms with Crippen molar-refractivity contribution in [1.29, 1.82) is 0 Å². The Morgan fingerprint density at radius 1 is 1.14 bits per heavy atom. The number of fused-ring (bicyclic) bond motifs is 1. The zero-order valence-corrected chi connectivity index (χ0v) is 12.5. The number of unbranched alkanes of at least 4 members (excludes halogenated alkanes) is 2. The molecule has 3 nitrogen and oxygen atoms in total. The highest BCUT2D eigenvalue weighted by molar-refractivity contribution is 5.83. The fourth-order valence-corrected chi connectivity index (χ4v) is 2.37. The highest BCUT2D eigenvalue weighted by Gasteiger charge is 2.10. The molecule has 21 heavy (non-hydrogen) atoms. The summed E-state index contributed by atoms with van der Waals surface area (Å²) >= 11 is 0. The molecular formula is C18H23NO2. The average molecular weight is 285 g/mol. The molecule has 112 valence electrons. The number of hydrogen-bond donors (Lipinski definition) is 2. The summed E-state index contributed by atoms with van der Waals surface area (Å²) in [7, 11) is 0. The number of nitrogens with one attached hydrogen (secondary N) is 1. The molecule has 0 saturated heterocycles. The summed E-state index contributed by atoms with van der Waals surface area (Å²) in [5.74, 6) is 0.0169. The Morgan fingerprint density at radius 2 is 1.90 bits per heavy atom. The summed E-state index contributed by atoms with van der Waals surface area (Å²) in [6, 6.07) is 13.9. The van der Waals surface area contributed by atoms with Gasteiger partial charge >= 0.3 is 0 Å². The van der Waals surface area contributed by atoms with Crippen LogP contribution in [0.3, 0.4) is 0 Å². The molecule has 2 N–H and O–H groups in total. The van der Waals surface area contributed by atoms with E-state index in [1.54, 1.807) is 0 Å². The van der Waals surface area contributed by atoms with E-state index in [0.717, 1.165) is 35.6 Å². The first-order valence-corrected chi connectivity index (χ1v) is 7.64. The number of rotatable bonds is 7. The monoisotopic (exact) mass is 285 g/mol. The third kappa shape index (κ3) is 4.57. The lowest BCUT2D eigenvalue weighted by molar-refractivity contribution is -0.121. The molecular weight excluding hydrogens is 262 g/mol. The van der Waals surface area contributed by atoms with Crippen LogP contribution in [-0.4, -0.2) is 17.6 Å². The molecule has 0 fully saturated rings. The van der Waals surface area contributed by atoms with Crippen LogP contribution in [0.1, 0.15) is 44.3 Å². The summed E-state index contributed by atoms with van der Waals surface area (Å²) in [6.45, 7) is 2.38. The lowest BCUT2D eigenvalue weighted by Gasteiger charge is -2.13. The van der Waals surface area contributed by atoms with Crippen molar-refractivity contribution in [1.82, 2.24) is 5.32 Å². The zero-order valence-electron chi connectivity index (χ0n) is 12.5. The third-order valence-corrected chi connectivity index (χ3v) is 3.66. The first-order valence-electron chi connectivity index (χ1n) is 7.64. The van der Waals surface area contributed by atoms with Gasteiger partial charge in [-0.3, -0.25) is 4.79 Å². The SMILES string of the molecule is CCCCCC(=O)NCC(O)c1ccc2ccccc2c1. The predicted molar refractivity (Wildman–Crippen MR) is 86.1 cm³/mol. The van der Waals surface area contributed by atoms with Crippen molar-refractivity contribution in [2.75, 3.05) is 6.54 Å². The van der Waals surface area contributed by atoms with Gasteiger partial charge in [-0.25, -0.2) is 0 Å². The molecule has 2 aromatic carbocycles. The molecule has 2 aromatic rings. The van der Waals surface area contributed by atoms with Crippen LogP contribution < -0.4 is 5.32 Å². The summed E-state index contributed by atoms with van der Waals surface area (Å²) in [6.07, 6.45) is 2.96. The Bertz CT molecular complexity index is 595. The standard InChI is InChI=1S/C18H23NO2/c1-2-3-4-9-18(21)19-13-17(20)16-11-10-14-7-5-6-8-15(14)12-16/h5-8,10-12,17,20H,2-4,9,13H2,1H3,(H,19,21). The molecule has 0 saturated carbocycles. The van der Waals surface area contributed by atoms with Gasteiger partial charge < -0.3 is 10.4 Å². The molecule has 1 atom stereocenters. The Kier molecular flexibility index (Phi) is 5.76. The van der Waals surface area contributed by atoms with Crippen LogP contribution in [0.15, 0.2) is 42.5 Å². The van der Waals surface area contributed by atoms with E-state index in [1.807, 2.05) is 42.5 Å². The van der Waals surface area contributed by atoms with E-state index in [0.29, 0.717) is 6.42 Å². The molecule has 0 aliphatic heterocycles. The lowest BCUT2D eigenvalue weighted by atomic mass is 10.0. The van der Waals surface area contributed by atoms with Crippen LogP contribution in [0.25, 0.3) is 10.8 Å². The smallest absolute Gasteiger partial charge is 0.220 e. The topological polar surface area (TPSA) is 49.3 Å². The maximum atomic E-state index is 11.6. The lowest BCUT2D eigenvalue weighted by Crippen LogP contribution is -2.28. The van der Waals surface area contributed by atoms with Gasteiger partial charge in [0.2, 0.25) is 5.91 Å². The Morgan fingerprint density at radius 3 is 2.67 bits per heavy atom. The van der Waals surface area contributed by atoms with E-state index < -0.39 is 6.10 Å². The quantitative estimate of drug-likeness (QED) is 0.764. The van der Waals surface area contributed by atoms with Crippen LogP contribution in [-0.2, 0) is 4.79 Å². The number of carbonyl (C=O) groups excluding carboxylic acids is 1. The maximum absolute atomic E-state index is 11.6. The molecule has 0 spiro atoms. The second kappa shape index (κ2) is 7.79. The van der Waals surface area contributed by atoms with Crippen LogP contribution in [0.2, 0.25) is 0 Å². The number of amides is 1. The molecule has 1 amide bonds. The Balaban J connectivity index is 1.89. The molecule has 0 aliphatic rings. The molecule has 3 heteroatoms. The van der Waals surface area contributed by atoms with Crippen molar-refractivity contribution in [3.05, 3.63) is 48.0 Å². The molecule has 2 rings (SSSR count). The largest absolute Gasteiger partial charge is 0.387 e. The summed E-state index contributed by atoms with van der Waals surface area (Å²) < 4.78 is 0. The van der Waals surface area contributed by atoms with Crippen molar-refractivity contribution >= 4 is 16.7 Å². The highest BCUT2D eigenvalue weighted by atomic mass is 16.3. The first-order chi connectivity index (χ1) is 10.2. The van der Waals surface area contributed by atoms with Crippen LogP contribution >= 0.6 is 0 Å². The van der Waals surface area contributed by atoms with Gasteiger partial charge in [-0.15, -0.1) is 0 Å². The van der Waals surface area contributed by atoms with Gasteiger partial charge in [0, 0.05) is 13.0 Å². The minimum atomic E-state index is -0.662. The molecule has 0 bridgehead atoms. The maximum Gasteiger partial charge on any atom is 0.220 e. The minimum Gasteiger partial charge on any atom is -0.387 e. The van der Waals surface area contributed by atoms with E-state index in [2.05, 4.69) is 12.2 Å². The molecule has 1 unspecified atom stereocenters. The zero-order chi connectivity index (χ0) is 15.1. The van der Waals surface area contributed by atoms with Gasteiger partial charge in [-0.05, 0) is 28.8 Å². The van der Waals surface area contributed by atoms with E-state index in [-0.39, 0.29) is 12.5 Å². The number of aliphatic hydroxyl groups excluding tert-OH is 1. The predicted octanol–water partition coefficient (Wildman–Crippen LogP) is 3.57. The minimum absolute atomic E-state index is 0.0169. The van der Waals surface area contributed by atoms with Crippen LogP contribution in [0.5, 0.6) is 0 Å². The van der Waals surface area contributed by atoms with E-state index in [9.17, 15) is 9.90 Å². The fraction of sp³-hybridized carbons (Fsp3) is 0.389. The highest BCUT2D eigenvalue weighted by Crippen LogP contribution is 2.20. The van der Waals surface area contributed by atoms with Crippen molar-refractivity contribution < 1.29 is 9.90 Å². The van der Waals surface area contributed by atoms with Crippen LogP contribution in [0, 0.1) is 0 Å². The second-order valence-electron chi connectivity index (χ2n) is 5.38. The fourth-order valence-electron chi connectivity index (χ4n) is 2.37. The molecule has 0 aliphatic carbocycles. The van der Waals surface area contributed by atoms with E-state index >= 15 is 0 Å². The van der Waals surface area contributed by atoms with Gasteiger partial charge in [0.05, 0.1) is 6.10 Å². The molecule has 0 radical (unpaired) electrons. The number of hydrogen-bond acceptors (Lipinski definition) is 2. The van der Waals surface area contributed by atoms with Gasteiger partial charge in [0.1, 0.15) is 0 Å². The number of aliphatic hydroxyl groups is 1. The molecule has 0 aromatic heterocycles.